The fraction of sp³-hybridized carbons (Fsp3) is 0.444. The molecule has 1 heterocycles. The minimum Gasteiger partial charge on any atom is -0.294 e. The molecule has 0 fully saturated rings. The Labute approximate surface area is 71.1 Å². The lowest BCUT2D eigenvalue weighted by atomic mass is 10.1. The van der Waals surface area contributed by atoms with Crippen LogP contribution in [0.4, 0.5) is 0 Å². The molecule has 0 spiro atoms. The molecule has 0 bridgehead atoms. The lowest BCUT2D eigenvalue weighted by Gasteiger charge is -1.96. The van der Waals surface area contributed by atoms with Gasteiger partial charge in [0.15, 0.2) is 5.78 Å². The van der Waals surface area contributed by atoms with Crippen LogP contribution in [0.5, 0.6) is 0 Å². The second kappa shape index (κ2) is 3.18. The fourth-order valence-electron chi connectivity index (χ4n) is 1.23. The van der Waals surface area contributed by atoms with Gasteiger partial charge in [0.1, 0.15) is 0 Å². The largest absolute Gasteiger partial charge is 0.294 e. The van der Waals surface area contributed by atoms with Crippen LogP contribution >= 0.6 is 11.3 Å². The Morgan fingerprint density at radius 2 is 2.27 bits per heavy atom. The Balaban J connectivity index is 3.17. The van der Waals surface area contributed by atoms with Crippen molar-refractivity contribution in [1.29, 1.82) is 0 Å². The molecule has 0 aromatic carbocycles. The van der Waals surface area contributed by atoms with Crippen LogP contribution in [0.2, 0.25) is 0 Å². The zero-order chi connectivity index (χ0) is 8.43. The number of carbonyl (C=O) groups excluding carboxylic acids is 1. The van der Waals surface area contributed by atoms with Crippen molar-refractivity contribution in [1.82, 2.24) is 0 Å². The molecule has 11 heavy (non-hydrogen) atoms. The quantitative estimate of drug-likeness (QED) is 0.620. The third-order valence-electron chi connectivity index (χ3n) is 1.72. The average molecular weight is 168 g/mol. The van der Waals surface area contributed by atoms with Gasteiger partial charge in [-0.25, -0.2) is 0 Å². The van der Waals surface area contributed by atoms with Gasteiger partial charge in [0.05, 0.1) is 0 Å². The summed E-state index contributed by atoms with van der Waals surface area (Å²) in [6, 6.07) is 0. The van der Waals surface area contributed by atoms with Crippen molar-refractivity contribution in [2.24, 2.45) is 0 Å². The topological polar surface area (TPSA) is 17.1 Å². The number of hydrogen-bond donors (Lipinski definition) is 0. The van der Waals surface area contributed by atoms with Gasteiger partial charge in [-0.2, -0.15) is 0 Å². The molecule has 0 aliphatic heterocycles. The normalized spacial score (nSPS) is 10.1. The Kier molecular flexibility index (Phi) is 2.45. The minimum absolute atomic E-state index is 0.195. The van der Waals surface area contributed by atoms with Crippen LogP contribution in [0, 0.1) is 6.92 Å². The van der Waals surface area contributed by atoms with E-state index in [0.717, 1.165) is 17.5 Å². The van der Waals surface area contributed by atoms with Crippen LogP contribution in [0.1, 0.15) is 34.6 Å². The molecular formula is C9H12OS. The molecule has 0 aliphatic rings. The summed E-state index contributed by atoms with van der Waals surface area (Å²) in [5.41, 5.74) is 2.07. The summed E-state index contributed by atoms with van der Waals surface area (Å²) in [5, 5.41) is 2.05. The van der Waals surface area contributed by atoms with Crippen molar-refractivity contribution in [3.8, 4) is 0 Å². The number of ketones is 1. The van der Waals surface area contributed by atoms with Crippen molar-refractivity contribution < 1.29 is 4.79 Å². The second-order valence-electron chi connectivity index (χ2n) is 2.63. The van der Waals surface area contributed by atoms with Gasteiger partial charge in [-0.05, 0) is 31.2 Å². The van der Waals surface area contributed by atoms with E-state index in [1.54, 1.807) is 18.3 Å². The van der Waals surface area contributed by atoms with Crippen molar-refractivity contribution in [3.05, 3.63) is 21.4 Å². The first kappa shape index (κ1) is 8.47. The highest BCUT2D eigenvalue weighted by molar-refractivity contribution is 7.10. The van der Waals surface area contributed by atoms with E-state index >= 15 is 0 Å². The predicted octanol–water partition coefficient (Wildman–Crippen LogP) is 2.82. The third-order valence-corrected chi connectivity index (χ3v) is 2.97. The number of carbonyl (C=O) groups is 1. The number of aryl methyl sites for hydroxylation is 2. The van der Waals surface area contributed by atoms with Crippen molar-refractivity contribution in [2.45, 2.75) is 27.2 Å². The van der Waals surface area contributed by atoms with E-state index in [-0.39, 0.29) is 5.78 Å². The highest BCUT2D eigenvalue weighted by atomic mass is 32.1. The first-order valence-electron chi connectivity index (χ1n) is 3.74. The molecule has 1 nitrogen and oxygen atoms in total. The minimum atomic E-state index is 0.195. The van der Waals surface area contributed by atoms with Crippen LogP contribution in [0.15, 0.2) is 5.38 Å². The molecule has 0 unspecified atom stereocenters. The molecule has 0 amide bonds. The maximum atomic E-state index is 11.1. The predicted molar refractivity (Wildman–Crippen MR) is 48.4 cm³/mol. The van der Waals surface area contributed by atoms with Gasteiger partial charge >= 0.3 is 0 Å². The number of thiophene rings is 1. The van der Waals surface area contributed by atoms with Crippen LogP contribution in [0.3, 0.4) is 0 Å². The molecule has 1 aromatic heterocycles. The molecule has 0 radical (unpaired) electrons. The van der Waals surface area contributed by atoms with E-state index in [4.69, 9.17) is 0 Å². The van der Waals surface area contributed by atoms with Crippen molar-refractivity contribution in [2.75, 3.05) is 0 Å². The summed E-state index contributed by atoms with van der Waals surface area (Å²) in [6.45, 7) is 5.71. The van der Waals surface area contributed by atoms with Crippen molar-refractivity contribution in [3.63, 3.8) is 0 Å². The molecular weight excluding hydrogens is 156 g/mol. The Bertz CT molecular complexity index is 273. The second-order valence-corrected chi connectivity index (χ2v) is 3.59. The van der Waals surface area contributed by atoms with Crippen LogP contribution in [0.25, 0.3) is 0 Å². The number of Topliss-reactive ketones (excluding diaryl/α,β-unsaturated/α-hetero) is 1. The van der Waals surface area contributed by atoms with Gasteiger partial charge in [0.2, 0.25) is 0 Å². The first-order chi connectivity index (χ1) is 5.16. The molecule has 0 N–H and O–H groups in total. The zero-order valence-electron chi connectivity index (χ0n) is 7.10. The Morgan fingerprint density at radius 1 is 1.64 bits per heavy atom. The zero-order valence-corrected chi connectivity index (χ0v) is 7.92. The summed E-state index contributed by atoms with van der Waals surface area (Å²) in [5.74, 6) is 0.195. The summed E-state index contributed by atoms with van der Waals surface area (Å²) in [7, 11) is 0. The molecule has 60 valence electrons. The maximum Gasteiger partial charge on any atom is 0.161 e. The van der Waals surface area contributed by atoms with E-state index in [0.29, 0.717) is 0 Å². The molecule has 1 rings (SSSR count). The van der Waals surface area contributed by atoms with E-state index in [2.05, 4.69) is 12.3 Å². The molecule has 1 aromatic rings. The third kappa shape index (κ3) is 1.51. The van der Waals surface area contributed by atoms with Gasteiger partial charge < -0.3 is 0 Å². The van der Waals surface area contributed by atoms with E-state index in [1.807, 2.05) is 6.92 Å². The fourth-order valence-corrected chi connectivity index (χ4v) is 2.26. The van der Waals surface area contributed by atoms with Crippen molar-refractivity contribution >= 4 is 17.1 Å². The van der Waals surface area contributed by atoms with Gasteiger partial charge in [-0.15, -0.1) is 11.3 Å². The summed E-state index contributed by atoms with van der Waals surface area (Å²) < 4.78 is 0. The van der Waals surface area contributed by atoms with Crippen LogP contribution < -0.4 is 0 Å². The smallest absolute Gasteiger partial charge is 0.161 e. The maximum absolute atomic E-state index is 11.1. The van der Waals surface area contributed by atoms with Gasteiger partial charge in [-0.3, -0.25) is 4.79 Å². The molecule has 2 heteroatoms. The van der Waals surface area contributed by atoms with Gasteiger partial charge in [0.25, 0.3) is 0 Å². The lowest BCUT2D eigenvalue weighted by molar-refractivity contribution is 0.101. The first-order valence-corrected chi connectivity index (χ1v) is 4.62. The molecule has 0 atom stereocenters. The number of rotatable bonds is 2. The van der Waals surface area contributed by atoms with E-state index in [9.17, 15) is 4.79 Å². The molecule has 0 saturated carbocycles. The molecule has 0 aliphatic carbocycles. The highest BCUT2D eigenvalue weighted by Crippen LogP contribution is 2.22. The summed E-state index contributed by atoms with van der Waals surface area (Å²) in [4.78, 5) is 12.3. The standard InChI is InChI=1S/C9H12OS/c1-4-8-9(7(3)10)6(2)5-11-8/h5H,4H2,1-3H3. The van der Waals surface area contributed by atoms with Crippen LogP contribution in [-0.4, -0.2) is 5.78 Å². The monoisotopic (exact) mass is 168 g/mol. The van der Waals surface area contributed by atoms with Gasteiger partial charge in [0, 0.05) is 10.4 Å². The van der Waals surface area contributed by atoms with E-state index in [1.165, 1.54) is 4.88 Å². The summed E-state index contributed by atoms with van der Waals surface area (Å²) >= 11 is 1.68. The van der Waals surface area contributed by atoms with E-state index < -0.39 is 0 Å². The Morgan fingerprint density at radius 3 is 2.64 bits per heavy atom. The molecule has 0 saturated heterocycles. The lowest BCUT2D eigenvalue weighted by Crippen LogP contribution is -1.95. The average Bonchev–Trinajstić information content (AvgIpc) is 2.30. The highest BCUT2D eigenvalue weighted by Gasteiger charge is 2.10. The van der Waals surface area contributed by atoms with Crippen LogP contribution in [-0.2, 0) is 6.42 Å². The van der Waals surface area contributed by atoms with Gasteiger partial charge in [-0.1, -0.05) is 6.92 Å². The number of hydrogen-bond acceptors (Lipinski definition) is 2. The SMILES string of the molecule is CCc1scc(C)c1C(C)=O. The summed E-state index contributed by atoms with van der Waals surface area (Å²) in [6.07, 6.45) is 0.966. The Hall–Kier alpha value is -0.630.